The van der Waals surface area contributed by atoms with E-state index in [9.17, 15) is 10.1 Å². The third kappa shape index (κ3) is 7.33. The molecule has 1 N–H and O–H groups in total. The fourth-order valence-electron chi connectivity index (χ4n) is 2.50. The minimum Gasteiger partial charge on any atom is -0.497 e. The van der Waals surface area contributed by atoms with Crippen LogP contribution in [0.15, 0.2) is 82.9 Å². The molecule has 2 aromatic carbocycles. The molecular formula is C25H20N4O3S. The lowest BCUT2D eigenvalue weighted by atomic mass is 10.2. The maximum Gasteiger partial charge on any atom is 0.351 e. The Bertz CT molecular complexity index is 1180. The molecule has 0 atom stereocenters. The number of benzene rings is 2. The predicted octanol–water partition coefficient (Wildman–Crippen LogP) is 5.15. The smallest absolute Gasteiger partial charge is 0.351 e. The first kappa shape index (κ1) is 24.8. The van der Waals surface area contributed by atoms with Gasteiger partial charge in [-0.3, -0.25) is 0 Å². The zero-order valence-electron chi connectivity index (χ0n) is 18.0. The lowest BCUT2D eigenvalue weighted by Gasteiger charge is -2.15. The van der Waals surface area contributed by atoms with Crippen LogP contribution >= 0.6 is 11.8 Å². The Morgan fingerprint density at radius 2 is 1.67 bits per heavy atom. The summed E-state index contributed by atoms with van der Waals surface area (Å²) < 4.78 is 10.2. The molecule has 0 saturated carbocycles. The fraction of sp³-hybridized carbons (Fsp3) is 0.120. The molecular weight excluding hydrogens is 436 g/mol. The molecule has 0 bridgehead atoms. The van der Waals surface area contributed by atoms with Gasteiger partial charge in [0.15, 0.2) is 5.57 Å². The standard InChI is InChI=1S/C25H20N4O3S/c1-3-32-25(30)22(17-28)24(29-20-10-12-21(31-2)13-11-20)33-23(14-9-18(15-26)16-27)19-7-5-4-6-8-19/h4-14,29H,3H2,1-2H3/b23-14+,24-22+. The maximum absolute atomic E-state index is 12.5. The molecule has 2 rings (SSSR count). The zero-order chi connectivity index (χ0) is 24.1. The second-order valence-electron chi connectivity index (χ2n) is 6.19. The molecule has 8 heteroatoms. The van der Waals surface area contributed by atoms with Crippen molar-refractivity contribution in [2.24, 2.45) is 0 Å². The van der Waals surface area contributed by atoms with Gasteiger partial charge < -0.3 is 14.8 Å². The van der Waals surface area contributed by atoms with E-state index >= 15 is 0 Å². The monoisotopic (exact) mass is 456 g/mol. The molecule has 0 aromatic heterocycles. The van der Waals surface area contributed by atoms with E-state index in [4.69, 9.17) is 20.0 Å². The Morgan fingerprint density at radius 1 is 1.00 bits per heavy atom. The molecule has 0 fully saturated rings. The van der Waals surface area contributed by atoms with Gasteiger partial charge in [-0.15, -0.1) is 0 Å². The van der Waals surface area contributed by atoms with Crippen LogP contribution in [0.4, 0.5) is 5.69 Å². The first-order valence-corrected chi connectivity index (χ1v) is 10.6. The highest BCUT2D eigenvalue weighted by Gasteiger charge is 2.20. The summed E-state index contributed by atoms with van der Waals surface area (Å²) in [6, 6.07) is 21.7. The van der Waals surface area contributed by atoms with Crippen LogP contribution in [0.25, 0.3) is 4.91 Å². The maximum atomic E-state index is 12.5. The van der Waals surface area contributed by atoms with Crippen LogP contribution < -0.4 is 10.1 Å². The molecule has 7 nitrogen and oxygen atoms in total. The van der Waals surface area contributed by atoms with E-state index in [0.717, 1.165) is 17.3 Å². The minimum atomic E-state index is -0.763. The number of esters is 1. The van der Waals surface area contributed by atoms with Gasteiger partial charge in [-0.2, -0.15) is 15.8 Å². The number of nitrogens with zero attached hydrogens (tertiary/aromatic N) is 3. The number of rotatable bonds is 9. The van der Waals surface area contributed by atoms with Crippen LogP contribution in [-0.4, -0.2) is 19.7 Å². The number of nitrogens with one attached hydrogen (secondary N) is 1. The van der Waals surface area contributed by atoms with Gasteiger partial charge in [-0.1, -0.05) is 42.1 Å². The number of thioether (sulfide) groups is 1. The zero-order valence-corrected chi connectivity index (χ0v) is 18.8. The molecule has 0 aliphatic carbocycles. The predicted molar refractivity (Wildman–Crippen MR) is 127 cm³/mol. The first-order chi connectivity index (χ1) is 16.1. The summed E-state index contributed by atoms with van der Waals surface area (Å²) in [5.41, 5.74) is 1.10. The average Bonchev–Trinajstić information content (AvgIpc) is 2.85. The van der Waals surface area contributed by atoms with E-state index in [0.29, 0.717) is 16.3 Å². The summed E-state index contributed by atoms with van der Waals surface area (Å²) in [5, 5.41) is 31.2. The highest BCUT2D eigenvalue weighted by atomic mass is 32.2. The number of ether oxygens (including phenoxy) is 2. The molecule has 0 aliphatic rings. The minimum absolute atomic E-state index is 0.0800. The van der Waals surface area contributed by atoms with Crippen molar-refractivity contribution >= 4 is 28.3 Å². The van der Waals surface area contributed by atoms with E-state index < -0.39 is 5.97 Å². The molecule has 164 valence electrons. The van der Waals surface area contributed by atoms with Crippen LogP contribution in [-0.2, 0) is 9.53 Å². The first-order valence-electron chi connectivity index (χ1n) is 9.74. The molecule has 0 radical (unpaired) electrons. The summed E-state index contributed by atoms with van der Waals surface area (Å²) in [4.78, 5) is 13.1. The summed E-state index contributed by atoms with van der Waals surface area (Å²) >= 11 is 1.11. The van der Waals surface area contributed by atoms with Gasteiger partial charge in [0.2, 0.25) is 0 Å². The largest absolute Gasteiger partial charge is 0.497 e. The summed E-state index contributed by atoms with van der Waals surface area (Å²) in [6.45, 7) is 1.77. The Kier molecular flexibility index (Phi) is 9.83. The van der Waals surface area contributed by atoms with Gasteiger partial charge in [0.05, 0.1) is 13.7 Å². The molecule has 0 aliphatic heterocycles. The number of hydrogen-bond acceptors (Lipinski definition) is 8. The molecule has 0 unspecified atom stereocenters. The van der Waals surface area contributed by atoms with E-state index in [-0.39, 0.29) is 22.8 Å². The van der Waals surface area contributed by atoms with Crippen molar-refractivity contribution in [1.82, 2.24) is 0 Å². The fourth-order valence-corrected chi connectivity index (χ4v) is 3.51. The SMILES string of the molecule is CCOC(=O)/C(C#N)=C(\Nc1ccc(OC)cc1)S/C(=C/C=C(C#N)C#N)c1ccccc1. The van der Waals surface area contributed by atoms with Crippen molar-refractivity contribution < 1.29 is 14.3 Å². The highest BCUT2D eigenvalue weighted by Crippen LogP contribution is 2.36. The topological polar surface area (TPSA) is 119 Å². The van der Waals surface area contributed by atoms with Crippen LogP contribution in [0.5, 0.6) is 5.75 Å². The number of hydrogen-bond donors (Lipinski definition) is 1. The van der Waals surface area contributed by atoms with Crippen LogP contribution in [0, 0.1) is 34.0 Å². The molecule has 33 heavy (non-hydrogen) atoms. The van der Waals surface area contributed by atoms with Crippen molar-refractivity contribution in [3.63, 3.8) is 0 Å². The lowest BCUT2D eigenvalue weighted by Crippen LogP contribution is -2.12. The summed E-state index contributed by atoms with van der Waals surface area (Å²) in [6.07, 6.45) is 2.98. The number of carbonyl (C=O) groups excluding carboxylic acids is 1. The van der Waals surface area contributed by atoms with Gasteiger partial charge in [0.1, 0.15) is 34.6 Å². The van der Waals surface area contributed by atoms with Crippen molar-refractivity contribution in [3.05, 3.63) is 88.5 Å². The Hall–Kier alpha value is -4.45. The van der Waals surface area contributed by atoms with Gasteiger partial charge in [-0.25, -0.2) is 4.79 Å². The van der Waals surface area contributed by atoms with Crippen molar-refractivity contribution in [3.8, 4) is 24.0 Å². The second kappa shape index (κ2) is 13.1. The third-order valence-corrected chi connectivity index (χ3v) is 5.18. The number of methoxy groups -OCH3 is 1. The number of carbonyl (C=O) groups is 1. The van der Waals surface area contributed by atoms with Gasteiger partial charge in [-0.05, 0) is 48.9 Å². The van der Waals surface area contributed by atoms with Gasteiger partial charge >= 0.3 is 5.97 Å². The number of anilines is 1. The Morgan fingerprint density at radius 3 is 2.21 bits per heavy atom. The van der Waals surface area contributed by atoms with Crippen LogP contribution in [0.1, 0.15) is 12.5 Å². The number of nitriles is 3. The van der Waals surface area contributed by atoms with Crippen molar-refractivity contribution in [1.29, 1.82) is 15.8 Å². The van der Waals surface area contributed by atoms with E-state index in [1.165, 1.54) is 6.08 Å². The van der Waals surface area contributed by atoms with Crippen molar-refractivity contribution in [2.45, 2.75) is 6.92 Å². The Labute approximate surface area is 196 Å². The highest BCUT2D eigenvalue weighted by molar-refractivity contribution is 8.11. The van der Waals surface area contributed by atoms with Gasteiger partial charge in [0.25, 0.3) is 0 Å². The lowest BCUT2D eigenvalue weighted by molar-refractivity contribution is -0.138. The van der Waals surface area contributed by atoms with E-state index in [2.05, 4.69) is 5.32 Å². The van der Waals surface area contributed by atoms with Crippen LogP contribution in [0.2, 0.25) is 0 Å². The average molecular weight is 457 g/mol. The quantitative estimate of drug-likeness (QED) is 0.238. The molecule has 0 heterocycles. The third-order valence-electron chi connectivity index (χ3n) is 4.08. The van der Waals surface area contributed by atoms with E-state index in [1.807, 2.05) is 48.5 Å². The van der Waals surface area contributed by atoms with Gasteiger partial charge in [0, 0.05) is 10.6 Å². The second-order valence-corrected chi connectivity index (χ2v) is 7.25. The van der Waals surface area contributed by atoms with E-state index in [1.54, 1.807) is 44.4 Å². The van der Waals surface area contributed by atoms with Crippen molar-refractivity contribution in [2.75, 3.05) is 19.0 Å². The number of allylic oxidation sites excluding steroid dienone is 3. The molecule has 0 spiro atoms. The normalized spacial score (nSPS) is 11.1. The molecule has 0 amide bonds. The summed E-state index contributed by atoms with van der Waals surface area (Å²) in [7, 11) is 1.55. The Balaban J connectivity index is 2.59. The molecule has 2 aromatic rings. The van der Waals surface area contributed by atoms with Crippen LogP contribution in [0.3, 0.4) is 0 Å². The summed E-state index contributed by atoms with van der Waals surface area (Å²) in [5.74, 6) is -0.110. The molecule has 0 saturated heterocycles.